The normalized spacial score (nSPS) is 18.8. The third-order valence-corrected chi connectivity index (χ3v) is 5.78. The van der Waals surface area contributed by atoms with E-state index < -0.39 is 15.6 Å². The van der Waals surface area contributed by atoms with Crippen molar-refractivity contribution in [2.24, 2.45) is 0 Å². The lowest BCUT2D eigenvalue weighted by molar-refractivity contribution is 0.308. The predicted molar refractivity (Wildman–Crippen MR) is 81.5 cm³/mol. The fraction of sp³-hybridized carbons (Fsp3) is 0.538. The van der Waals surface area contributed by atoms with Gasteiger partial charge in [0.1, 0.15) is 5.75 Å². The Kier molecular flexibility index (Phi) is 4.73. The monoisotopic (exact) mass is 362 g/mol. The van der Waals surface area contributed by atoms with Crippen LogP contribution in [0.25, 0.3) is 0 Å². The van der Waals surface area contributed by atoms with E-state index in [1.807, 2.05) is 6.92 Å². The number of hydrogen-bond donors (Lipinski definition) is 2. The van der Waals surface area contributed by atoms with Crippen molar-refractivity contribution >= 4 is 26.0 Å². The van der Waals surface area contributed by atoms with Gasteiger partial charge in [0.15, 0.2) is 0 Å². The minimum atomic E-state index is -3.53. The SMILES string of the molecule is COc1ccc(S(=O)(=O)NC2(C)CCNCC2)cc1Br. The number of benzene rings is 1. The van der Waals surface area contributed by atoms with Crippen molar-refractivity contribution in [3.05, 3.63) is 22.7 Å². The summed E-state index contributed by atoms with van der Waals surface area (Å²) >= 11 is 3.31. The van der Waals surface area contributed by atoms with Gasteiger partial charge in [0.2, 0.25) is 10.0 Å². The standard InChI is InChI=1S/C13H19BrN2O3S/c1-13(5-7-15-8-6-13)16-20(17,18)10-3-4-12(19-2)11(14)9-10/h3-4,9,15-16H,5-8H2,1-2H3. The van der Waals surface area contributed by atoms with Crippen LogP contribution in [0.15, 0.2) is 27.6 Å². The Morgan fingerprint density at radius 3 is 2.55 bits per heavy atom. The number of piperidine rings is 1. The summed E-state index contributed by atoms with van der Waals surface area (Å²) in [5.41, 5.74) is -0.392. The molecule has 5 nitrogen and oxygen atoms in total. The molecule has 1 aromatic rings. The molecule has 1 heterocycles. The van der Waals surface area contributed by atoms with Crippen LogP contribution in [0.3, 0.4) is 0 Å². The molecule has 112 valence electrons. The third-order valence-electron chi connectivity index (χ3n) is 3.52. The second kappa shape index (κ2) is 6.01. The van der Waals surface area contributed by atoms with Crippen molar-refractivity contribution in [2.45, 2.75) is 30.2 Å². The maximum absolute atomic E-state index is 12.5. The van der Waals surface area contributed by atoms with Gasteiger partial charge in [0.05, 0.1) is 16.5 Å². The molecular weight excluding hydrogens is 344 g/mol. The van der Waals surface area contributed by atoms with Gasteiger partial charge in [-0.3, -0.25) is 0 Å². The Balaban J connectivity index is 2.24. The molecule has 0 radical (unpaired) electrons. The number of sulfonamides is 1. The lowest BCUT2D eigenvalue weighted by atomic mass is 9.92. The van der Waals surface area contributed by atoms with Crippen molar-refractivity contribution in [3.63, 3.8) is 0 Å². The molecule has 2 rings (SSSR count). The first kappa shape index (κ1) is 15.8. The van der Waals surface area contributed by atoms with Crippen LogP contribution in [0.2, 0.25) is 0 Å². The molecular formula is C13H19BrN2O3S. The highest BCUT2D eigenvalue weighted by Gasteiger charge is 2.32. The van der Waals surface area contributed by atoms with Crippen LogP contribution in [0.4, 0.5) is 0 Å². The average Bonchev–Trinajstić information content (AvgIpc) is 2.38. The third kappa shape index (κ3) is 3.52. The van der Waals surface area contributed by atoms with Crippen molar-refractivity contribution in [1.29, 1.82) is 0 Å². The summed E-state index contributed by atoms with van der Waals surface area (Å²) in [5, 5.41) is 3.23. The molecule has 2 N–H and O–H groups in total. The van der Waals surface area contributed by atoms with Crippen LogP contribution in [-0.4, -0.2) is 34.2 Å². The van der Waals surface area contributed by atoms with Gasteiger partial charge in [-0.05, 0) is 67.0 Å². The maximum Gasteiger partial charge on any atom is 0.241 e. The zero-order valence-electron chi connectivity index (χ0n) is 11.6. The van der Waals surface area contributed by atoms with E-state index in [-0.39, 0.29) is 4.90 Å². The van der Waals surface area contributed by atoms with E-state index >= 15 is 0 Å². The van der Waals surface area contributed by atoms with Crippen LogP contribution >= 0.6 is 15.9 Å². The van der Waals surface area contributed by atoms with Gasteiger partial charge >= 0.3 is 0 Å². The van der Waals surface area contributed by atoms with E-state index in [1.165, 1.54) is 0 Å². The zero-order chi connectivity index (χ0) is 14.8. The minimum absolute atomic E-state index is 0.241. The number of rotatable bonds is 4. The Bertz CT molecular complexity index is 583. The molecule has 1 aliphatic rings. The topological polar surface area (TPSA) is 67.4 Å². The van der Waals surface area contributed by atoms with Gasteiger partial charge < -0.3 is 10.1 Å². The molecule has 1 aliphatic heterocycles. The summed E-state index contributed by atoms with van der Waals surface area (Å²) in [6.45, 7) is 3.60. The largest absolute Gasteiger partial charge is 0.496 e. The molecule has 0 saturated carbocycles. The Hall–Kier alpha value is -0.630. The van der Waals surface area contributed by atoms with Gasteiger partial charge in [-0.2, -0.15) is 0 Å². The Morgan fingerprint density at radius 1 is 1.35 bits per heavy atom. The fourth-order valence-electron chi connectivity index (χ4n) is 2.28. The van der Waals surface area contributed by atoms with Crippen LogP contribution in [0.5, 0.6) is 5.75 Å². The zero-order valence-corrected chi connectivity index (χ0v) is 14.0. The summed E-state index contributed by atoms with van der Waals surface area (Å²) in [7, 11) is -1.98. The Morgan fingerprint density at radius 2 is 2.00 bits per heavy atom. The van der Waals surface area contributed by atoms with Crippen LogP contribution in [0, 0.1) is 0 Å². The molecule has 1 saturated heterocycles. The number of ether oxygens (including phenoxy) is 1. The lowest BCUT2D eigenvalue weighted by Crippen LogP contribution is -2.52. The molecule has 0 aliphatic carbocycles. The second-order valence-electron chi connectivity index (χ2n) is 5.21. The quantitative estimate of drug-likeness (QED) is 0.857. The minimum Gasteiger partial charge on any atom is -0.496 e. The molecule has 1 fully saturated rings. The molecule has 20 heavy (non-hydrogen) atoms. The highest BCUT2D eigenvalue weighted by atomic mass is 79.9. The molecule has 0 amide bonds. The molecule has 7 heteroatoms. The fourth-order valence-corrected chi connectivity index (χ4v) is 4.46. The highest BCUT2D eigenvalue weighted by molar-refractivity contribution is 9.10. The second-order valence-corrected chi connectivity index (χ2v) is 7.75. The van der Waals surface area contributed by atoms with Crippen LogP contribution in [0.1, 0.15) is 19.8 Å². The molecule has 0 aromatic heterocycles. The first-order valence-corrected chi connectivity index (χ1v) is 8.72. The lowest BCUT2D eigenvalue weighted by Gasteiger charge is -2.34. The first-order valence-electron chi connectivity index (χ1n) is 6.45. The number of methoxy groups -OCH3 is 1. The van der Waals surface area contributed by atoms with E-state index in [2.05, 4.69) is 26.0 Å². The highest BCUT2D eigenvalue weighted by Crippen LogP contribution is 2.28. The van der Waals surface area contributed by atoms with Crippen molar-refractivity contribution in [2.75, 3.05) is 20.2 Å². The van der Waals surface area contributed by atoms with E-state index in [4.69, 9.17) is 4.74 Å². The molecule has 0 bridgehead atoms. The van der Waals surface area contributed by atoms with Crippen LogP contribution in [-0.2, 0) is 10.0 Å². The van der Waals surface area contributed by atoms with Crippen molar-refractivity contribution < 1.29 is 13.2 Å². The molecule has 0 spiro atoms. The average molecular weight is 363 g/mol. The van der Waals surface area contributed by atoms with Crippen molar-refractivity contribution in [3.8, 4) is 5.75 Å². The van der Waals surface area contributed by atoms with Gasteiger partial charge in [-0.1, -0.05) is 0 Å². The van der Waals surface area contributed by atoms with Crippen molar-refractivity contribution in [1.82, 2.24) is 10.0 Å². The van der Waals surface area contributed by atoms with E-state index in [9.17, 15) is 8.42 Å². The number of nitrogens with one attached hydrogen (secondary N) is 2. The van der Waals surface area contributed by atoms with Gasteiger partial charge in [0.25, 0.3) is 0 Å². The molecule has 0 unspecified atom stereocenters. The van der Waals surface area contributed by atoms with E-state index in [0.29, 0.717) is 10.2 Å². The maximum atomic E-state index is 12.5. The molecule has 0 atom stereocenters. The first-order chi connectivity index (χ1) is 9.36. The predicted octanol–water partition coefficient (Wildman–Crippen LogP) is 1.88. The van der Waals surface area contributed by atoms with E-state index in [1.54, 1.807) is 25.3 Å². The molecule has 1 aromatic carbocycles. The summed E-state index contributed by atoms with van der Waals surface area (Å²) in [5.74, 6) is 0.608. The summed E-state index contributed by atoms with van der Waals surface area (Å²) < 4.78 is 33.5. The van der Waals surface area contributed by atoms with Gasteiger partial charge in [-0.25, -0.2) is 13.1 Å². The Labute approximate surface area is 128 Å². The summed E-state index contributed by atoms with van der Waals surface area (Å²) in [6.07, 6.45) is 1.56. The smallest absolute Gasteiger partial charge is 0.241 e. The number of hydrogen-bond acceptors (Lipinski definition) is 4. The van der Waals surface area contributed by atoms with E-state index in [0.717, 1.165) is 25.9 Å². The summed E-state index contributed by atoms with van der Waals surface area (Å²) in [6, 6.07) is 4.76. The van der Waals surface area contributed by atoms with Gasteiger partial charge in [-0.15, -0.1) is 0 Å². The van der Waals surface area contributed by atoms with Gasteiger partial charge in [0, 0.05) is 5.54 Å². The summed E-state index contributed by atoms with van der Waals surface area (Å²) in [4.78, 5) is 0.241. The number of halogens is 1. The van der Waals surface area contributed by atoms with Crippen LogP contribution < -0.4 is 14.8 Å².